The van der Waals surface area contributed by atoms with Gasteiger partial charge < -0.3 is 10.6 Å². The maximum absolute atomic E-state index is 12.5. The molecule has 2 aromatic rings. The Labute approximate surface area is 150 Å². The Kier molecular flexibility index (Phi) is 6.20. The van der Waals surface area contributed by atoms with E-state index in [1.54, 1.807) is 0 Å². The summed E-state index contributed by atoms with van der Waals surface area (Å²) in [7, 11) is 1.99. The van der Waals surface area contributed by atoms with Crippen LogP contribution in [0, 0.1) is 0 Å². The van der Waals surface area contributed by atoms with Crippen molar-refractivity contribution in [2.75, 3.05) is 32.0 Å². The van der Waals surface area contributed by atoms with Gasteiger partial charge in [-0.15, -0.1) is 0 Å². The minimum atomic E-state index is 0.0669. The molecule has 4 heteroatoms. The van der Waals surface area contributed by atoms with Crippen LogP contribution in [-0.4, -0.2) is 43.5 Å². The Hall–Kier alpha value is -2.17. The Morgan fingerprint density at radius 3 is 2.68 bits per heavy atom. The first kappa shape index (κ1) is 17.6. The van der Waals surface area contributed by atoms with E-state index in [4.69, 9.17) is 0 Å². The molecule has 1 saturated heterocycles. The third-order valence-corrected chi connectivity index (χ3v) is 4.81. The molecule has 1 atom stereocenters. The number of piperidine rings is 1. The highest BCUT2D eigenvalue weighted by Crippen LogP contribution is 2.19. The van der Waals surface area contributed by atoms with Crippen molar-refractivity contribution in [3.05, 3.63) is 65.7 Å². The molecule has 132 valence electrons. The van der Waals surface area contributed by atoms with E-state index in [1.807, 2.05) is 43.4 Å². The number of rotatable bonds is 6. The summed E-state index contributed by atoms with van der Waals surface area (Å²) in [5.41, 5.74) is 3.31. The molecule has 0 aromatic heterocycles. The largest absolute Gasteiger partial charge is 0.325 e. The van der Waals surface area contributed by atoms with Gasteiger partial charge in [0.15, 0.2) is 0 Å². The van der Waals surface area contributed by atoms with Gasteiger partial charge in [-0.3, -0.25) is 9.69 Å². The topological polar surface area (TPSA) is 44.4 Å². The van der Waals surface area contributed by atoms with Crippen molar-refractivity contribution in [3.63, 3.8) is 0 Å². The fourth-order valence-electron chi connectivity index (χ4n) is 3.44. The molecule has 2 aromatic carbocycles. The first-order chi connectivity index (χ1) is 12.2. The van der Waals surface area contributed by atoms with E-state index < -0.39 is 0 Å². The summed E-state index contributed by atoms with van der Waals surface area (Å²) < 4.78 is 0. The summed E-state index contributed by atoms with van der Waals surface area (Å²) in [5.74, 6) is 0.0669. The van der Waals surface area contributed by atoms with Gasteiger partial charge in [0.25, 0.3) is 0 Å². The van der Waals surface area contributed by atoms with Crippen molar-refractivity contribution in [2.24, 2.45) is 0 Å². The second-order valence-electron chi connectivity index (χ2n) is 6.73. The van der Waals surface area contributed by atoms with Gasteiger partial charge in [-0.05, 0) is 50.0 Å². The van der Waals surface area contributed by atoms with Crippen molar-refractivity contribution in [2.45, 2.75) is 25.3 Å². The molecule has 4 nitrogen and oxygen atoms in total. The van der Waals surface area contributed by atoms with Gasteiger partial charge in [-0.1, -0.05) is 48.5 Å². The molecule has 0 radical (unpaired) electrons. The average Bonchev–Trinajstić information content (AvgIpc) is 2.64. The smallest absolute Gasteiger partial charge is 0.238 e. The second-order valence-corrected chi connectivity index (χ2v) is 6.73. The lowest BCUT2D eigenvalue weighted by atomic mass is 10.0. The summed E-state index contributed by atoms with van der Waals surface area (Å²) in [6.45, 7) is 2.39. The number of para-hydroxylation sites is 1. The van der Waals surface area contributed by atoms with Crippen molar-refractivity contribution in [1.29, 1.82) is 0 Å². The fourth-order valence-corrected chi connectivity index (χ4v) is 3.44. The zero-order valence-electron chi connectivity index (χ0n) is 14.9. The van der Waals surface area contributed by atoms with Crippen molar-refractivity contribution < 1.29 is 4.79 Å². The number of carbonyl (C=O) groups excluding carboxylic acids is 1. The van der Waals surface area contributed by atoms with E-state index >= 15 is 0 Å². The molecule has 0 aliphatic carbocycles. The number of hydrogen-bond donors (Lipinski definition) is 2. The van der Waals surface area contributed by atoms with Gasteiger partial charge in [0.05, 0.1) is 6.54 Å². The number of anilines is 1. The summed E-state index contributed by atoms with van der Waals surface area (Å²) in [5, 5.41) is 6.43. The van der Waals surface area contributed by atoms with Crippen LogP contribution in [0.3, 0.4) is 0 Å². The van der Waals surface area contributed by atoms with Crippen LogP contribution in [0.15, 0.2) is 54.6 Å². The molecule has 25 heavy (non-hydrogen) atoms. The second kappa shape index (κ2) is 8.79. The lowest BCUT2D eigenvalue weighted by Crippen LogP contribution is -2.46. The molecular weight excluding hydrogens is 310 g/mol. The quantitative estimate of drug-likeness (QED) is 0.852. The van der Waals surface area contributed by atoms with Gasteiger partial charge in [0.2, 0.25) is 5.91 Å². The predicted octanol–water partition coefficient (Wildman–Crippen LogP) is 2.90. The van der Waals surface area contributed by atoms with Crippen LogP contribution in [0.2, 0.25) is 0 Å². The normalized spacial score (nSPS) is 18.0. The number of likely N-dealkylation sites (tertiary alicyclic amines) is 1. The SMILES string of the molecule is CNC1CCCN(CC(=O)Nc2ccccc2Cc2ccccc2)C1. The monoisotopic (exact) mass is 337 g/mol. The zero-order valence-corrected chi connectivity index (χ0v) is 14.9. The Morgan fingerprint density at radius 1 is 1.12 bits per heavy atom. The Balaban J connectivity index is 1.61. The van der Waals surface area contributed by atoms with Gasteiger partial charge in [-0.25, -0.2) is 0 Å². The minimum Gasteiger partial charge on any atom is -0.325 e. The highest BCUT2D eigenvalue weighted by molar-refractivity contribution is 5.93. The molecule has 1 amide bonds. The van der Waals surface area contributed by atoms with Gasteiger partial charge in [0.1, 0.15) is 0 Å². The number of hydrogen-bond acceptors (Lipinski definition) is 3. The van der Waals surface area contributed by atoms with Crippen LogP contribution in [0.5, 0.6) is 0 Å². The fraction of sp³-hybridized carbons (Fsp3) is 0.381. The number of nitrogens with zero attached hydrogens (tertiary/aromatic N) is 1. The standard InChI is InChI=1S/C21H27N3O/c1-22-19-11-7-13-24(15-19)16-21(25)23-20-12-6-5-10-18(20)14-17-8-3-2-4-9-17/h2-6,8-10,12,19,22H,7,11,13-16H2,1H3,(H,23,25). The van der Waals surface area contributed by atoms with Crippen LogP contribution in [0.1, 0.15) is 24.0 Å². The summed E-state index contributed by atoms with van der Waals surface area (Å²) in [4.78, 5) is 14.7. The lowest BCUT2D eigenvalue weighted by Gasteiger charge is -2.32. The summed E-state index contributed by atoms with van der Waals surface area (Å²) in [6.07, 6.45) is 3.15. The van der Waals surface area contributed by atoms with E-state index in [-0.39, 0.29) is 5.91 Å². The van der Waals surface area contributed by atoms with Gasteiger partial charge in [0, 0.05) is 18.3 Å². The van der Waals surface area contributed by atoms with Crippen LogP contribution in [0.4, 0.5) is 5.69 Å². The van der Waals surface area contributed by atoms with Crippen LogP contribution >= 0.6 is 0 Å². The van der Waals surface area contributed by atoms with Crippen LogP contribution in [0.25, 0.3) is 0 Å². The van der Waals surface area contributed by atoms with Crippen molar-refractivity contribution in [1.82, 2.24) is 10.2 Å². The molecule has 3 rings (SSSR count). The lowest BCUT2D eigenvalue weighted by molar-refractivity contribution is -0.117. The molecule has 2 N–H and O–H groups in total. The number of likely N-dealkylation sites (N-methyl/N-ethyl adjacent to an activating group) is 1. The Bertz CT molecular complexity index is 687. The van der Waals surface area contributed by atoms with E-state index in [1.165, 1.54) is 12.0 Å². The highest BCUT2D eigenvalue weighted by Gasteiger charge is 2.20. The molecular formula is C21H27N3O. The van der Waals surface area contributed by atoms with E-state index in [0.717, 1.165) is 37.2 Å². The maximum Gasteiger partial charge on any atom is 0.238 e. The molecule has 1 aliphatic rings. The van der Waals surface area contributed by atoms with Gasteiger partial charge in [-0.2, -0.15) is 0 Å². The Morgan fingerprint density at radius 2 is 1.88 bits per heavy atom. The van der Waals surface area contributed by atoms with Gasteiger partial charge >= 0.3 is 0 Å². The molecule has 0 spiro atoms. The van der Waals surface area contributed by atoms with Crippen molar-refractivity contribution >= 4 is 11.6 Å². The molecule has 0 saturated carbocycles. The minimum absolute atomic E-state index is 0.0669. The average molecular weight is 337 g/mol. The van der Waals surface area contributed by atoms with Crippen LogP contribution in [-0.2, 0) is 11.2 Å². The number of benzene rings is 2. The number of carbonyl (C=O) groups is 1. The molecule has 1 heterocycles. The molecule has 0 bridgehead atoms. The first-order valence-electron chi connectivity index (χ1n) is 9.06. The number of nitrogens with one attached hydrogen (secondary N) is 2. The zero-order chi connectivity index (χ0) is 17.5. The predicted molar refractivity (Wildman–Crippen MR) is 103 cm³/mol. The third kappa shape index (κ3) is 5.15. The molecule has 1 unspecified atom stereocenters. The van der Waals surface area contributed by atoms with Crippen molar-refractivity contribution in [3.8, 4) is 0 Å². The molecule has 1 aliphatic heterocycles. The van der Waals surface area contributed by atoms with E-state index in [9.17, 15) is 4.79 Å². The maximum atomic E-state index is 12.5. The highest BCUT2D eigenvalue weighted by atomic mass is 16.2. The van der Waals surface area contributed by atoms with E-state index in [2.05, 4.69) is 33.7 Å². The first-order valence-corrected chi connectivity index (χ1v) is 9.06. The van der Waals surface area contributed by atoms with E-state index in [0.29, 0.717) is 12.6 Å². The van der Waals surface area contributed by atoms with Crippen LogP contribution < -0.4 is 10.6 Å². The summed E-state index contributed by atoms with van der Waals surface area (Å²) >= 11 is 0. The molecule has 1 fully saturated rings. The third-order valence-electron chi connectivity index (χ3n) is 4.81. The summed E-state index contributed by atoms with van der Waals surface area (Å²) in [6, 6.07) is 18.9. The number of amides is 1.